The zero-order valence-electron chi connectivity index (χ0n) is 37.2. The van der Waals surface area contributed by atoms with Crippen molar-refractivity contribution >= 4 is 156 Å². The van der Waals surface area contributed by atoms with E-state index in [1.54, 1.807) is 0 Å². The fourth-order valence-electron chi connectivity index (χ4n) is 6.92. The van der Waals surface area contributed by atoms with Crippen LogP contribution in [0.3, 0.4) is 0 Å². The highest BCUT2D eigenvalue weighted by Crippen LogP contribution is 2.49. The summed E-state index contributed by atoms with van der Waals surface area (Å²) in [5.41, 5.74) is 0.969. The van der Waals surface area contributed by atoms with E-state index in [2.05, 4.69) is 50.2 Å². The molecule has 0 unspecified atom stereocenters. The van der Waals surface area contributed by atoms with Gasteiger partial charge in [0.15, 0.2) is 15.6 Å². The van der Waals surface area contributed by atoms with E-state index in [9.17, 15) is 86.8 Å². The van der Waals surface area contributed by atoms with Gasteiger partial charge in [0.05, 0.1) is 28.3 Å². The summed E-state index contributed by atoms with van der Waals surface area (Å²) in [6.45, 7) is -0.920. The number of nitrogens with one attached hydrogen (secondary N) is 2. The molecule has 1 aromatic heterocycles. The Morgan fingerprint density at radius 2 is 1.09 bits per heavy atom. The molecule has 0 aliphatic heterocycles. The number of aromatic nitrogens is 3. The van der Waals surface area contributed by atoms with E-state index in [4.69, 9.17) is 21.9 Å². The molecule has 0 bridgehead atoms. The molecular formula is C37H29ClN10O22S7. The van der Waals surface area contributed by atoms with Crippen molar-refractivity contribution in [1.82, 2.24) is 15.0 Å². The van der Waals surface area contributed by atoms with Crippen molar-refractivity contribution in [3.8, 4) is 5.75 Å². The molecule has 0 saturated carbocycles. The van der Waals surface area contributed by atoms with Gasteiger partial charge < -0.3 is 21.5 Å². The number of phenolic OH excluding ortho intramolecular Hbond substituents is 1. The first-order valence-corrected chi connectivity index (χ1v) is 30.4. The van der Waals surface area contributed by atoms with E-state index in [0.717, 1.165) is 60.7 Å². The summed E-state index contributed by atoms with van der Waals surface area (Å²) >= 11 is 6.10. The number of aromatic hydroxyl groups is 1. The lowest BCUT2D eigenvalue weighted by atomic mass is 10.1. The highest BCUT2D eigenvalue weighted by molar-refractivity contribution is 7.91. The SMILES string of the molecule is Nc1c(N=Nc2cc(Nc3nc(Cl)nc(Nc4cccc(S(=O)(=O)CCOS(=O)(=O)O)c4)n3)ccc2S(=O)(=O)O)c(S(=O)(=O)O)cc2cc(S(=O)(=O)O)c(N=Nc3ccc4c(S(=O)(=O)O)cccc4c3S(=O)(=O)O)c(O)c12. The number of hydrogen-bond donors (Lipinski definition) is 10. The Morgan fingerprint density at radius 1 is 0.545 bits per heavy atom. The molecule has 0 fully saturated rings. The van der Waals surface area contributed by atoms with Gasteiger partial charge in [0.1, 0.15) is 47.2 Å². The highest BCUT2D eigenvalue weighted by atomic mass is 35.5. The third-order valence-electron chi connectivity index (χ3n) is 10.0. The average molecular weight is 1230 g/mol. The van der Waals surface area contributed by atoms with Crippen LogP contribution < -0.4 is 16.4 Å². The van der Waals surface area contributed by atoms with E-state index >= 15 is 0 Å². The van der Waals surface area contributed by atoms with E-state index < -0.39 is 175 Å². The van der Waals surface area contributed by atoms with Crippen LogP contribution in [0.25, 0.3) is 21.5 Å². The van der Waals surface area contributed by atoms with Crippen LogP contribution in [-0.2, 0) is 75.0 Å². The molecule has 0 atom stereocenters. The topological polar surface area (TPSA) is 528 Å². The lowest BCUT2D eigenvalue weighted by Gasteiger charge is -2.14. The zero-order chi connectivity index (χ0) is 57.0. The monoisotopic (exact) mass is 1220 g/mol. The molecule has 7 rings (SSSR count). The second kappa shape index (κ2) is 20.7. The smallest absolute Gasteiger partial charge is 0.397 e. The second-order valence-corrected chi connectivity index (χ2v) is 25.6. The number of hydrogen-bond acceptors (Lipinski definition) is 26. The number of sulfone groups is 1. The van der Waals surface area contributed by atoms with Gasteiger partial charge in [-0.15, -0.1) is 20.5 Å². The van der Waals surface area contributed by atoms with Crippen LogP contribution in [0.2, 0.25) is 5.28 Å². The number of benzene rings is 6. The van der Waals surface area contributed by atoms with Gasteiger partial charge >= 0.3 is 10.4 Å². The number of nitrogen functional groups attached to an aromatic ring is 1. The van der Waals surface area contributed by atoms with E-state index in [1.807, 2.05) is 0 Å². The Bertz CT molecular complexity index is 4550. The Morgan fingerprint density at radius 3 is 1.66 bits per heavy atom. The minimum absolute atomic E-state index is 0.0247. The molecule has 408 valence electrons. The molecule has 40 heteroatoms. The molecular weight excluding hydrogens is 1200 g/mol. The maximum atomic E-state index is 12.8. The van der Waals surface area contributed by atoms with Crippen molar-refractivity contribution in [2.45, 2.75) is 29.4 Å². The third-order valence-corrected chi connectivity index (χ3v) is 16.8. The fraction of sp³-hybridized carbons (Fsp3) is 0.0541. The number of phenols is 1. The van der Waals surface area contributed by atoms with Crippen LogP contribution in [-0.4, -0.2) is 119 Å². The predicted octanol–water partition coefficient (Wildman–Crippen LogP) is 5.26. The predicted molar refractivity (Wildman–Crippen MR) is 265 cm³/mol. The minimum atomic E-state index is -5.57. The standard InChI is InChI=1S/C37H29ClN10O22S7/c38-35-42-36(40-18-3-1-4-20(15-18)71(50,51)12-11-70-77(67,68)69)44-37(43-35)41-19-7-10-26(73(55,56)57)24(16-19)46-47-31-27(74(58,59)60)13-17-14-28(75(61,62)63)32(33(49)29(17)30(31)39)48-45-23-9-8-21-22(34(23)76(64,65)66)5-2-6-25(21)72(52,53)54/h1-10,13-16,49H,11-12,39H2,(H,52,53,54)(H,55,56,57)(H,58,59,60)(H,61,62,63)(H,64,65,66)(H,67,68,69)(H2,40,41,42,43,44). The summed E-state index contributed by atoms with van der Waals surface area (Å²) in [5, 5.41) is 28.3. The van der Waals surface area contributed by atoms with Crippen molar-refractivity contribution < 1.29 is 95.5 Å². The first-order chi connectivity index (χ1) is 35.4. The van der Waals surface area contributed by atoms with Crippen LogP contribution in [0.1, 0.15) is 0 Å². The number of azo groups is 2. The summed E-state index contributed by atoms with van der Waals surface area (Å²) < 4.78 is 236. The summed E-state index contributed by atoms with van der Waals surface area (Å²) in [7, 11) is -35.9. The molecule has 0 saturated heterocycles. The Labute approximate surface area is 438 Å². The van der Waals surface area contributed by atoms with Gasteiger partial charge in [-0.05, 0) is 77.7 Å². The molecule has 0 aliphatic carbocycles. The van der Waals surface area contributed by atoms with E-state index in [1.165, 1.54) is 12.1 Å². The minimum Gasteiger partial charge on any atom is -0.505 e. The normalized spacial score (nSPS) is 13.2. The molecule has 11 N–H and O–H groups in total. The van der Waals surface area contributed by atoms with Crippen molar-refractivity contribution in [3.05, 3.63) is 90.2 Å². The summed E-state index contributed by atoms with van der Waals surface area (Å²) in [5.74, 6) is -3.02. The second-order valence-electron chi connectivity index (χ2n) is 15.1. The summed E-state index contributed by atoms with van der Waals surface area (Å²) in [4.78, 5) is 5.82. The zero-order valence-corrected chi connectivity index (χ0v) is 43.7. The van der Waals surface area contributed by atoms with Gasteiger partial charge in [-0.25, -0.2) is 12.6 Å². The molecule has 0 aliphatic rings. The maximum absolute atomic E-state index is 12.8. The number of nitrogens with two attached hydrogens (primary N) is 1. The lowest BCUT2D eigenvalue weighted by Crippen LogP contribution is -2.15. The summed E-state index contributed by atoms with van der Waals surface area (Å²) in [6, 6.07) is 12.8. The molecule has 0 spiro atoms. The van der Waals surface area contributed by atoms with Gasteiger partial charge in [-0.1, -0.05) is 24.3 Å². The highest BCUT2D eigenvalue weighted by Gasteiger charge is 2.30. The summed E-state index contributed by atoms with van der Waals surface area (Å²) in [6.07, 6.45) is 0. The van der Waals surface area contributed by atoms with Gasteiger partial charge in [0.25, 0.3) is 50.6 Å². The van der Waals surface area contributed by atoms with Crippen molar-refractivity contribution in [2.75, 3.05) is 28.7 Å². The van der Waals surface area contributed by atoms with Gasteiger partial charge in [-0.2, -0.15) is 65.5 Å². The molecule has 0 amide bonds. The average Bonchev–Trinajstić information content (AvgIpc) is 3.28. The largest absolute Gasteiger partial charge is 0.505 e. The van der Waals surface area contributed by atoms with Gasteiger partial charge in [0.2, 0.25) is 17.2 Å². The quantitative estimate of drug-likeness (QED) is 0.0297. The van der Waals surface area contributed by atoms with Crippen LogP contribution in [0.4, 0.5) is 51.7 Å². The van der Waals surface area contributed by atoms with Crippen molar-refractivity contribution in [3.63, 3.8) is 0 Å². The number of fused-ring (bicyclic) bond motifs is 2. The maximum Gasteiger partial charge on any atom is 0.397 e. The number of nitrogens with zero attached hydrogens (tertiary/aromatic N) is 7. The van der Waals surface area contributed by atoms with Gasteiger partial charge in [0, 0.05) is 22.1 Å². The van der Waals surface area contributed by atoms with Crippen LogP contribution in [0, 0.1) is 0 Å². The first-order valence-electron chi connectivity index (χ1n) is 19.9. The van der Waals surface area contributed by atoms with Gasteiger partial charge in [-0.3, -0.25) is 27.3 Å². The van der Waals surface area contributed by atoms with Crippen LogP contribution in [0.5, 0.6) is 5.75 Å². The molecule has 1 heterocycles. The molecule has 32 nitrogen and oxygen atoms in total. The van der Waals surface area contributed by atoms with E-state index in [0.29, 0.717) is 12.1 Å². The molecule has 77 heavy (non-hydrogen) atoms. The molecule has 7 aromatic rings. The van der Waals surface area contributed by atoms with Crippen molar-refractivity contribution in [2.24, 2.45) is 20.5 Å². The first kappa shape index (κ1) is 57.6. The third kappa shape index (κ3) is 13.2. The van der Waals surface area contributed by atoms with Crippen LogP contribution >= 0.6 is 11.6 Å². The number of halogens is 1. The van der Waals surface area contributed by atoms with E-state index in [-0.39, 0.29) is 22.2 Å². The molecule has 6 aromatic carbocycles. The fourth-order valence-corrected chi connectivity index (χ4v) is 12.1. The number of rotatable bonds is 18. The number of anilines is 5. The van der Waals surface area contributed by atoms with Crippen molar-refractivity contribution in [1.29, 1.82) is 0 Å². The lowest BCUT2D eigenvalue weighted by molar-refractivity contribution is 0.283. The molecule has 0 radical (unpaired) electrons. The van der Waals surface area contributed by atoms with Crippen LogP contribution in [0.15, 0.2) is 135 Å². The Kier molecular flexibility index (Phi) is 15.5. The Balaban J connectivity index is 1.30. The Hall–Kier alpha value is -7.09.